The normalized spacial score (nSPS) is 10.4. The Morgan fingerprint density at radius 2 is 1.75 bits per heavy atom. The van der Waals surface area contributed by atoms with Crippen molar-refractivity contribution < 1.29 is 23.5 Å². The van der Waals surface area contributed by atoms with E-state index < -0.39 is 24.3 Å². The van der Waals surface area contributed by atoms with E-state index in [0.29, 0.717) is 10.7 Å². The van der Waals surface area contributed by atoms with Crippen molar-refractivity contribution in [2.24, 2.45) is 0 Å². The van der Waals surface area contributed by atoms with E-state index in [1.54, 1.807) is 6.07 Å². The summed E-state index contributed by atoms with van der Waals surface area (Å²) in [7, 11) is 0. The van der Waals surface area contributed by atoms with Crippen LogP contribution in [0.5, 0.6) is 0 Å². The van der Waals surface area contributed by atoms with E-state index in [-0.39, 0.29) is 21.9 Å². The van der Waals surface area contributed by atoms with Gasteiger partial charge in [-0.15, -0.1) is 0 Å². The van der Waals surface area contributed by atoms with Crippen LogP contribution in [0.2, 0.25) is 10.0 Å². The number of anilines is 1. The van der Waals surface area contributed by atoms with E-state index in [2.05, 4.69) is 5.32 Å². The Morgan fingerprint density at radius 1 is 1.00 bits per heavy atom. The predicted octanol–water partition coefficient (Wildman–Crippen LogP) is 4.88. The Hall–Kier alpha value is -3.09. The first-order chi connectivity index (χ1) is 13.4. The average Bonchev–Trinajstić information content (AvgIpc) is 3.21. The summed E-state index contributed by atoms with van der Waals surface area (Å²) in [5.74, 6) is -1.37. The smallest absolute Gasteiger partial charge is 0.338 e. The van der Waals surface area contributed by atoms with E-state index in [9.17, 15) is 14.4 Å². The molecule has 0 saturated heterocycles. The lowest BCUT2D eigenvalue weighted by atomic mass is 10.1. The molecule has 28 heavy (non-hydrogen) atoms. The second kappa shape index (κ2) is 8.73. The molecular formula is C20H13Cl2NO5. The molecule has 0 atom stereocenters. The van der Waals surface area contributed by atoms with Gasteiger partial charge in [-0.2, -0.15) is 0 Å². The number of esters is 1. The molecule has 1 heterocycles. The molecule has 1 N–H and O–H groups in total. The molecule has 0 bridgehead atoms. The highest BCUT2D eigenvalue weighted by Gasteiger charge is 2.15. The molecule has 0 saturated carbocycles. The minimum absolute atomic E-state index is 0.169. The molecule has 2 aromatic carbocycles. The lowest BCUT2D eigenvalue weighted by Crippen LogP contribution is -2.15. The van der Waals surface area contributed by atoms with Gasteiger partial charge in [0.1, 0.15) is 0 Å². The fourth-order valence-electron chi connectivity index (χ4n) is 2.30. The zero-order chi connectivity index (χ0) is 20.1. The summed E-state index contributed by atoms with van der Waals surface area (Å²) in [6.07, 6.45) is 1.40. The van der Waals surface area contributed by atoms with Gasteiger partial charge in [0.2, 0.25) is 5.78 Å². The number of hydrogen-bond acceptors (Lipinski definition) is 5. The maximum absolute atomic E-state index is 12.1. The van der Waals surface area contributed by atoms with E-state index >= 15 is 0 Å². The first-order valence-corrected chi connectivity index (χ1v) is 8.80. The molecule has 1 aromatic heterocycles. The number of rotatable bonds is 6. The van der Waals surface area contributed by atoms with Crippen molar-refractivity contribution >= 4 is 46.5 Å². The van der Waals surface area contributed by atoms with Crippen molar-refractivity contribution in [2.75, 3.05) is 11.9 Å². The molecule has 0 fully saturated rings. The Morgan fingerprint density at radius 3 is 2.39 bits per heavy atom. The van der Waals surface area contributed by atoms with Gasteiger partial charge in [-0.1, -0.05) is 23.2 Å². The van der Waals surface area contributed by atoms with Gasteiger partial charge in [-0.05, 0) is 54.6 Å². The van der Waals surface area contributed by atoms with Crippen LogP contribution in [-0.4, -0.2) is 24.3 Å². The molecule has 0 aliphatic rings. The molecule has 0 radical (unpaired) electrons. The number of amides is 1. The number of hydrogen-bond donors (Lipinski definition) is 1. The molecule has 0 aliphatic heterocycles. The largest absolute Gasteiger partial charge is 0.459 e. The fraction of sp³-hybridized carbons (Fsp3) is 0.0500. The van der Waals surface area contributed by atoms with Crippen LogP contribution in [0, 0.1) is 0 Å². The standard InChI is InChI=1S/C20H13Cl2NO5/c21-13-5-8-15(16(22)10-13)17(24)11-28-20(26)12-3-6-14(7-4-12)23-19(25)18-2-1-9-27-18/h1-10H,11H2,(H,23,25). The summed E-state index contributed by atoms with van der Waals surface area (Å²) in [6, 6.07) is 13.6. The lowest BCUT2D eigenvalue weighted by Gasteiger charge is -2.07. The number of furan rings is 1. The van der Waals surface area contributed by atoms with Gasteiger partial charge in [-0.3, -0.25) is 9.59 Å². The van der Waals surface area contributed by atoms with Crippen LogP contribution < -0.4 is 5.32 Å². The lowest BCUT2D eigenvalue weighted by molar-refractivity contribution is 0.0475. The van der Waals surface area contributed by atoms with Gasteiger partial charge in [0.25, 0.3) is 5.91 Å². The van der Waals surface area contributed by atoms with Crippen LogP contribution in [0.4, 0.5) is 5.69 Å². The highest BCUT2D eigenvalue weighted by atomic mass is 35.5. The minimum Gasteiger partial charge on any atom is -0.459 e. The number of nitrogens with one attached hydrogen (secondary N) is 1. The second-order valence-electron chi connectivity index (χ2n) is 5.63. The Kier molecular flexibility index (Phi) is 6.13. The van der Waals surface area contributed by atoms with E-state index in [1.165, 1.54) is 54.8 Å². The molecule has 3 aromatic rings. The summed E-state index contributed by atoms with van der Waals surface area (Å²) >= 11 is 11.8. The molecule has 8 heteroatoms. The SMILES string of the molecule is O=C(OCC(=O)c1ccc(Cl)cc1Cl)c1ccc(NC(=O)c2ccco2)cc1. The van der Waals surface area contributed by atoms with Gasteiger partial charge in [0.15, 0.2) is 12.4 Å². The van der Waals surface area contributed by atoms with Crippen molar-refractivity contribution in [3.05, 3.63) is 87.8 Å². The Bertz CT molecular complexity index is 1010. The first kappa shape index (κ1) is 19.7. The first-order valence-electron chi connectivity index (χ1n) is 8.04. The third-order valence-electron chi connectivity index (χ3n) is 3.69. The third kappa shape index (κ3) is 4.79. The molecule has 1 amide bonds. The zero-order valence-electron chi connectivity index (χ0n) is 14.3. The van der Waals surface area contributed by atoms with E-state index in [1.807, 2.05) is 0 Å². The summed E-state index contributed by atoms with van der Waals surface area (Å²) in [5, 5.41) is 3.21. The zero-order valence-corrected chi connectivity index (χ0v) is 15.8. The van der Waals surface area contributed by atoms with Gasteiger partial charge < -0.3 is 14.5 Å². The van der Waals surface area contributed by atoms with Crippen LogP contribution in [0.1, 0.15) is 31.3 Å². The van der Waals surface area contributed by atoms with E-state index in [4.69, 9.17) is 32.4 Å². The second-order valence-corrected chi connectivity index (χ2v) is 6.48. The van der Waals surface area contributed by atoms with Crippen LogP contribution in [0.3, 0.4) is 0 Å². The molecule has 0 unspecified atom stereocenters. The van der Waals surface area contributed by atoms with Crippen molar-refractivity contribution in [3.8, 4) is 0 Å². The molecular weight excluding hydrogens is 405 g/mol. The van der Waals surface area contributed by atoms with Gasteiger partial charge in [0.05, 0.1) is 16.8 Å². The Labute approximate surface area is 170 Å². The van der Waals surface area contributed by atoms with Gasteiger partial charge in [0, 0.05) is 16.3 Å². The van der Waals surface area contributed by atoms with Crippen LogP contribution in [-0.2, 0) is 4.74 Å². The average molecular weight is 418 g/mol. The van der Waals surface area contributed by atoms with E-state index in [0.717, 1.165) is 0 Å². The fourth-order valence-corrected chi connectivity index (χ4v) is 2.81. The number of carbonyl (C=O) groups excluding carboxylic acids is 3. The summed E-state index contributed by atoms with van der Waals surface area (Å²) in [6.45, 7) is -0.461. The number of benzene rings is 2. The topological polar surface area (TPSA) is 85.6 Å². The quantitative estimate of drug-likeness (QED) is 0.456. The Balaban J connectivity index is 1.57. The van der Waals surface area contributed by atoms with Crippen molar-refractivity contribution in [2.45, 2.75) is 0 Å². The number of ether oxygens (including phenoxy) is 1. The number of carbonyl (C=O) groups is 3. The predicted molar refractivity (Wildman–Crippen MR) is 104 cm³/mol. The molecule has 0 aliphatic carbocycles. The monoisotopic (exact) mass is 417 g/mol. The molecule has 3 rings (SSSR count). The van der Waals surface area contributed by atoms with Crippen LogP contribution >= 0.6 is 23.2 Å². The number of Topliss-reactive ketones (excluding diaryl/α,β-unsaturated/α-hetero) is 1. The third-order valence-corrected chi connectivity index (χ3v) is 4.24. The van der Waals surface area contributed by atoms with Crippen LogP contribution in [0.15, 0.2) is 65.3 Å². The van der Waals surface area contributed by atoms with Crippen molar-refractivity contribution in [1.29, 1.82) is 0 Å². The highest BCUT2D eigenvalue weighted by molar-refractivity contribution is 6.36. The van der Waals surface area contributed by atoms with Crippen molar-refractivity contribution in [1.82, 2.24) is 0 Å². The summed E-state index contributed by atoms with van der Waals surface area (Å²) < 4.78 is 10.0. The summed E-state index contributed by atoms with van der Waals surface area (Å²) in [5.41, 5.74) is 0.919. The molecule has 142 valence electrons. The van der Waals surface area contributed by atoms with Crippen molar-refractivity contribution in [3.63, 3.8) is 0 Å². The van der Waals surface area contributed by atoms with Crippen LogP contribution in [0.25, 0.3) is 0 Å². The molecule has 6 nitrogen and oxygen atoms in total. The molecule has 0 spiro atoms. The van der Waals surface area contributed by atoms with Gasteiger partial charge >= 0.3 is 5.97 Å². The maximum atomic E-state index is 12.1. The number of ketones is 1. The highest BCUT2D eigenvalue weighted by Crippen LogP contribution is 2.21. The summed E-state index contributed by atoms with van der Waals surface area (Å²) in [4.78, 5) is 36.1. The number of halogens is 2. The van der Waals surface area contributed by atoms with Gasteiger partial charge in [-0.25, -0.2) is 4.79 Å². The minimum atomic E-state index is -0.678. The maximum Gasteiger partial charge on any atom is 0.338 e.